The van der Waals surface area contributed by atoms with Crippen molar-refractivity contribution < 1.29 is 19.1 Å². The van der Waals surface area contributed by atoms with Crippen molar-refractivity contribution in [2.45, 2.75) is 31.7 Å². The van der Waals surface area contributed by atoms with Crippen LogP contribution in [0.25, 0.3) is 0 Å². The summed E-state index contributed by atoms with van der Waals surface area (Å²) in [5.74, 6) is 0.391. The average Bonchev–Trinajstić information content (AvgIpc) is 3.06. The van der Waals surface area contributed by atoms with Crippen LogP contribution in [0.3, 0.4) is 0 Å². The molecule has 2 rings (SSSR count). The van der Waals surface area contributed by atoms with Gasteiger partial charge >= 0.3 is 0 Å². The lowest BCUT2D eigenvalue weighted by Crippen LogP contribution is -2.43. The highest BCUT2D eigenvalue weighted by Gasteiger charge is 2.27. The zero-order chi connectivity index (χ0) is 16.5. The standard InChI is InChI=1S/C17H22N2O4/c20-13-14-6-4-10-19(14)17(22)12-18-16(21)9-5-11-23-15-7-2-1-3-8-15/h1-3,7-8,13-14H,4-6,9-12H2,(H,18,21). The highest BCUT2D eigenvalue weighted by atomic mass is 16.5. The van der Waals surface area contributed by atoms with Gasteiger partial charge in [-0.05, 0) is 31.4 Å². The molecule has 0 bridgehead atoms. The molecule has 6 nitrogen and oxygen atoms in total. The van der Waals surface area contributed by atoms with Crippen molar-refractivity contribution in [3.05, 3.63) is 30.3 Å². The molecule has 0 radical (unpaired) electrons. The van der Waals surface area contributed by atoms with Crippen LogP contribution in [-0.2, 0) is 14.4 Å². The van der Waals surface area contributed by atoms with Crippen molar-refractivity contribution in [3.63, 3.8) is 0 Å². The molecule has 1 aromatic carbocycles. The maximum atomic E-state index is 12.0. The molecule has 0 aromatic heterocycles. The Morgan fingerprint density at radius 1 is 1.30 bits per heavy atom. The minimum absolute atomic E-state index is 0.0529. The fourth-order valence-corrected chi connectivity index (χ4v) is 2.55. The van der Waals surface area contributed by atoms with Crippen LogP contribution in [-0.4, -0.2) is 48.7 Å². The van der Waals surface area contributed by atoms with Gasteiger partial charge in [0.15, 0.2) is 0 Å². The molecule has 0 aliphatic carbocycles. The molecule has 1 aromatic rings. The van der Waals surface area contributed by atoms with E-state index in [1.165, 1.54) is 4.90 Å². The van der Waals surface area contributed by atoms with Gasteiger partial charge in [0.1, 0.15) is 12.0 Å². The maximum Gasteiger partial charge on any atom is 0.242 e. The molecule has 1 heterocycles. The van der Waals surface area contributed by atoms with Crippen molar-refractivity contribution >= 4 is 18.1 Å². The van der Waals surface area contributed by atoms with Gasteiger partial charge < -0.3 is 19.7 Å². The summed E-state index contributed by atoms with van der Waals surface area (Å²) in [6.45, 7) is 0.983. The molecule has 1 saturated heterocycles. The second kappa shape index (κ2) is 8.92. The number of amides is 2. The van der Waals surface area contributed by atoms with E-state index in [9.17, 15) is 14.4 Å². The summed E-state index contributed by atoms with van der Waals surface area (Å²) in [5, 5.41) is 2.60. The Morgan fingerprint density at radius 3 is 2.83 bits per heavy atom. The number of nitrogens with zero attached hydrogens (tertiary/aromatic N) is 1. The lowest BCUT2D eigenvalue weighted by molar-refractivity contribution is -0.135. The molecule has 6 heteroatoms. The number of para-hydroxylation sites is 1. The van der Waals surface area contributed by atoms with Crippen LogP contribution in [0.1, 0.15) is 25.7 Å². The van der Waals surface area contributed by atoms with Gasteiger partial charge in [0.25, 0.3) is 0 Å². The molecule has 1 aliphatic rings. The average molecular weight is 318 g/mol. The van der Waals surface area contributed by atoms with Crippen molar-refractivity contribution in [2.24, 2.45) is 0 Å². The molecule has 1 fully saturated rings. The number of aldehydes is 1. The quantitative estimate of drug-likeness (QED) is 0.576. The van der Waals surface area contributed by atoms with Gasteiger partial charge in [0, 0.05) is 13.0 Å². The Morgan fingerprint density at radius 2 is 2.09 bits per heavy atom. The van der Waals surface area contributed by atoms with E-state index < -0.39 is 0 Å². The summed E-state index contributed by atoms with van der Waals surface area (Å²) in [6.07, 6.45) is 3.22. The van der Waals surface area contributed by atoms with Gasteiger partial charge in [0.05, 0.1) is 19.2 Å². The zero-order valence-corrected chi connectivity index (χ0v) is 13.1. The van der Waals surface area contributed by atoms with Crippen LogP contribution in [0.15, 0.2) is 30.3 Å². The molecular formula is C17H22N2O4. The Labute approximate surface area is 135 Å². The van der Waals surface area contributed by atoms with Gasteiger partial charge in [-0.25, -0.2) is 0 Å². The number of carbonyl (C=O) groups is 3. The van der Waals surface area contributed by atoms with Crippen LogP contribution in [0.5, 0.6) is 5.75 Å². The summed E-state index contributed by atoms with van der Waals surface area (Å²) >= 11 is 0. The predicted molar refractivity (Wildman–Crippen MR) is 85.0 cm³/mol. The summed E-state index contributed by atoms with van der Waals surface area (Å²) < 4.78 is 5.50. The highest BCUT2D eigenvalue weighted by molar-refractivity contribution is 5.86. The third kappa shape index (κ3) is 5.39. The molecule has 1 unspecified atom stereocenters. The summed E-state index contributed by atoms with van der Waals surface area (Å²) in [6, 6.07) is 9.07. The number of nitrogens with one attached hydrogen (secondary N) is 1. The molecule has 1 N–H and O–H groups in total. The van der Waals surface area contributed by atoms with Crippen molar-refractivity contribution in [1.29, 1.82) is 0 Å². The largest absolute Gasteiger partial charge is 0.494 e. The van der Waals surface area contributed by atoms with Crippen molar-refractivity contribution in [1.82, 2.24) is 10.2 Å². The summed E-state index contributed by atoms with van der Waals surface area (Å²) in [4.78, 5) is 36.1. The predicted octanol–water partition coefficient (Wildman–Crippen LogP) is 1.15. The number of likely N-dealkylation sites (tertiary alicyclic amines) is 1. The van der Waals surface area contributed by atoms with Crippen molar-refractivity contribution in [3.8, 4) is 5.75 Å². The fraction of sp³-hybridized carbons (Fsp3) is 0.471. The molecule has 2 amide bonds. The van der Waals surface area contributed by atoms with Crippen LogP contribution in [0.2, 0.25) is 0 Å². The van der Waals surface area contributed by atoms with E-state index in [-0.39, 0.29) is 24.4 Å². The second-order valence-electron chi connectivity index (χ2n) is 5.47. The first-order chi connectivity index (χ1) is 11.2. The van der Waals surface area contributed by atoms with E-state index in [0.717, 1.165) is 18.5 Å². The van der Waals surface area contributed by atoms with Gasteiger partial charge in [-0.3, -0.25) is 9.59 Å². The Kier molecular flexibility index (Phi) is 6.59. The number of carbonyl (C=O) groups excluding carboxylic acids is 3. The molecular weight excluding hydrogens is 296 g/mol. The van der Waals surface area contributed by atoms with Crippen LogP contribution in [0.4, 0.5) is 0 Å². The van der Waals surface area contributed by atoms with E-state index in [1.807, 2.05) is 30.3 Å². The Bertz CT molecular complexity index is 533. The van der Waals surface area contributed by atoms with E-state index in [2.05, 4.69) is 5.32 Å². The molecule has 23 heavy (non-hydrogen) atoms. The number of benzene rings is 1. The number of ether oxygens (including phenoxy) is 1. The van der Waals surface area contributed by atoms with E-state index in [0.29, 0.717) is 32.4 Å². The van der Waals surface area contributed by atoms with Crippen LogP contribution < -0.4 is 10.1 Å². The van der Waals surface area contributed by atoms with Gasteiger partial charge in [-0.15, -0.1) is 0 Å². The van der Waals surface area contributed by atoms with E-state index in [1.54, 1.807) is 0 Å². The molecule has 0 saturated carbocycles. The van der Waals surface area contributed by atoms with Gasteiger partial charge in [0.2, 0.25) is 11.8 Å². The maximum absolute atomic E-state index is 12.0. The number of hydrogen-bond donors (Lipinski definition) is 1. The lowest BCUT2D eigenvalue weighted by Gasteiger charge is -2.20. The first kappa shape index (κ1) is 17.0. The van der Waals surface area contributed by atoms with Crippen LogP contribution in [0, 0.1) is 0 Å². The zero-order valence-electron chi connectivity index (χ0n) is 13.1. The molecule has 1 aliphatic heterocycles. The van der Waals surface area contributed by atoms with Gasteiger partial charge in [-0.1, -0.05) is 18.2 Å². The minimum Gasteiger partial charge on any atom is -0.494 e. The second-order valence-corrected chi connectivity index (χ2v) is 5.47. The smallest absolute Gasteiger partial charge is 0.242 e. The monoisotopic (exact) mass is 318 g/mol. The molecule has 124 valence electrons. The SMILES string of the molecule is O=CC1CCCN1C(=O)CNC(=O)CCCOc1ccccc1. The van der Waals surface area contributed by atoms with E-state index in [4.69, 9.17) is 4.74 Å². The fourth-order valence-electron chi connectivity index (χ4n) is 2.55. The summed E-state index contributed by atoms with van der Waals surface area (Å²) in [7, 11) is 0. The molecule has 1 atom stereocenters. The Balaban J connectivity index is 1.59. The van der Waals surface area contributed by atoms with E-state index >= 15 is 0 Å². The first-order valence-corrected chi connectivity index (χ1v) is 7.90. The number of hydrogen-bond acceptors (Lipinski definition) is 4. The minimum atomic E-state index is -0.335. The normalized spacial score (nSPS) is 16.9. The number of rotatable bonds is 8. The third-order valence-electron chi connectivity index (χ3n) is 3.77. The molecule has 0 spiro atoms. The third-order valence-corrected chi connectivity index (χ3v) is 3.77. The topological polar surface area (TPSA) is 75.7 Å². The lowest BCUT2D eigenvalue weighted by atomic mass is 10.2. The summed E-state index contributed by atoms with van der Waals surface area (Å²) in [5.41, 5.74) is 0. The van der Waals surface area contributed by atoms with Crippen molar-refractivity contribution in [2.75, 3.05) is 19.7 Å². The van der Waals surface area contributed by atoms with Gasteiger partial charge in [-0.2, -0.15) is 0 Å². The van der Waals surface area contributed by atoms with Crippen LogP contribution >= 0.6 is 0 Å². The first-order valence-electron chi connectivity index (χ1n) is 7.90. The Hall–Kier alpha value is -2.37. The highest BCUT2D eigenvalue weighted by Crippen LogP contribution is 2.15.